The summed E-state index contributed by atoms with van der Waals surface area (Å²) in [7, 11) is 1.96. The summed E-state index contributed by atoms with van der Waals surface area (Å²) in [4.78, 5) is 32.0. The molecule has 3 rings (SSSR count). The Kier molecular flexibility index (Phi) is 5.99. The Bertz CT molecular complexity index is 715. The van der Waals surface area contributed by atoms with Crippen LogP contribution in [0.5, 0.6) is 0 Å². The molecule has 1 fully saturated rings. The molecule has 0 unspecified atom stereocenters. The van der Waals surface area contributed by atoms with Crippen molar-refractivity contribution >= 4 is 17.7 Å². The molecule has 0 N–H and O–H groups in total. The van der Waals surface area contributed by atoms with Crippen LogP contribution in [0.3, 0.4) is 0 Å². The molecule has 2 aromatic heterocycles. The lowest BCUT2D eigenvalue weighted by atomic mass is 10.2. The summed E-state index contributed by atoms with van der Waals surface area (Å²) in [6.07, 6.45) is 5.66. The molecule has 2 aromatic rings. The Morgan fingerprint density at radius 3 is 2.62 bits per heavy atom. The van der Waals surface area contributed by atoms with Crippen LogP contribution in [0.4, 0.5) is 11.8 Å². The lowest BCUT2D eigenvalue weighted by Crippen LogP contribution is -2.49. The fourth-order valence-corrected chi connectivity index (χ4v) is 2.99. The highest BCUT2D eigenvalue weighted by molar-refractivity contribution is 5.92. The van der Waals surface area contributed by atoms with Crippen molar-refractivity contribution < 1.29 is 4.79 Å². The molecule has 1 amide bonds. The number of piperazine rings is 1. The van der Waals surface area contributed by atoms with Crippen LogP contribution in [0, 0.1) is 0 Å². The number of nitrogens with zero attached hydrogens (tertiary/aromatic N) is 6. The van der Waals surface area contributed by atoms with Gasteiger partial charge in [-0.15, -0.1) is 0 Å². The maximum atomic E-state index is 12.8. The Morgan fingerprint density at radius 2 is 1.92 bits per heavy atom. The average molecular weight is 354 g/mol. The lowest BCUT2D eigenvalue weighted by Gasteiger charge is -2.35. The van der Waals surface area contributed by atoms with Gasteiger partial charge in [0.15, 0.2) is 0 Å². The number of anilines is 2. The number of amides is 1. The van der Waals surface area contributed by atoms with E-state index in [4.69, 9.17) is 0 Å². The third-order valence-electron chi connectivity index (χ3n) is 4.59. The van der Waals surface area contributed by atoms with Crippen LogP contribution < -0.4 is 9.80 Å². The first kappa shape index (κ1) is 18.1. The third kappa shape index (κ3) is 4.28. The molecule has 7 nitrogen and oxygen atoms in total. The zero-order chi connectivity index (χ0) is 18.4. The molecule has 0 aliphatic carbocycles. The van der Waals surface area contributed by atoms with Crippen LogP contribution in [-0.2, 0) is 0 Å². The fourth-order valence-electron chi connectivity index (χ4n) is 2.99. The monoisotopic (exact) mass is 354 g/mol. The lowest BCUT2D eigenvalue weighted by molar-refractivity contribution is 0.0740. The van der Waals surface area contributed by atoms with Gasteiger partial charge in [-0.3, -0.25) is 4.79 Å². The van der Waals surface area contributed by atoms with E-state index in [0.29, 0.717) is 24.7 Å². The molecular formula is C19H26N6O. The molecule has 1 saturated heterocycles. The first-order valence-electron chi connectivity index (χ1n) is 9.18. The van der Waals surface area contributed by atoms with Crippen molar-refractivity contribution in [1.82, 2.24) is 19.9 Å². The molecular weight excluding hydrogens is 328 g/mol. The van der Waals surface area contributed by atoms with E-state index >= 15 is 0 Å². The van der Waals surface area contributed by atoms with Crippen LogP contribution in [0.2, 0.25) is 0 Å². The summed E-state index contributed by atoms with van der Waals surface area (Å²) in [5.41, 5.74) is 0.463. The first-order valence-corrected chi connectivity index (χ1v) is 9.18. The van der Waals surface area contributed by atoms with Crippen LogP contribution in [-0.4, -0.2) is 65.5 Å². The number of carbonyl (C=O) groups excluding carboxylic acids is 1. The van der Waals surface area contributed by atoms with Gasteiger partial charge in [-0.05, 0) is 24.6 Å². The summed E-state index contributed by atoms with van der Waals surface area (Å²) in [6.45, 7) is 5.92. The highest BCUT2D eigenvalue weighted by Gasteiger charge is 2.24. The minimum Gasteiger partial charge on any atom is -0.353 e. The van der Waals surface area contributed by atoms with Crippen molar-refractivity contribution in [2.24, 2.45) is 0 Å². The Hall–Kier alpha value is -2.70. The SMILES string of the molecule is CCCCN(C)c1nccc(C(=O)N2CCN(c3ccccn3)CC2)n1. The van der Waals surface area contributed by atoms with Crippen LogP contribution in [0.15, 0.2) is 36.7 Å². The molecule has 0 radical (unpaired) electrons. The molecule has 3 heterocycles. The fraction of sp³-hybridized carbons (Fsp3) is 0.474. The Balaban J connectivity index is 1.62. The van der Waals surface area contributed by atoms with Gasteiger partial charge in [0.05, 0.1) is 0 Å². The molecule has 26 heavy (non-hydrogen) atoms. The maximum absolute atomic E-state index is 12.8. The quantitative estimate of drug-likeness (QED) is 0.791. The van der Waals surface area contributed by atoms with E-state index in [0.717, 1.165) is 38.3 Å². The van der Waals surface area contributed by atoms with Gasteiger partial charge in [0.25, 0.3) is 5.91 Å². The van der Waals surface area contributed by atoms with Crippen LogP contribution >= 0.6 is 0 Å². The molecule has 138 valence electrons. The highest BCUT2D eigenvalue weighted by Crippen LogP contribution is 2.15. The molecule has 1 aliphatic heterocycles. The topological polar surface area (TPSA) is 65.5 Å². The smallest absolute Gasteiger partial charge is 0.272 e. The van der Waals surface area contributed by atoms with Gasteiger partial charge in [0.1, 0.15) is 11.5 Å². The van der Waals surface area contributed by atoms with Gasteiger partial charge in [-0.2, -0.15) is 0 Å². The Labute approximate surface area is 154 Å². The van der Waals surface area contributed by atoms with E-state index in [-0.39, 0.29) is 5.91 Å². The van der Waals surface area contributed by atoms with E-state index < -0.39 is 0 Å². The van der Waals surface area contributed by atoms with Gasteiger partial charge >= 0.3 is 0 Å². The maximum Gasteiger partial charge on any atom is 0.272 e. The van der Waals surface area contributed by atoms with E-state index in [9.17, 15) is 4.79 Å². The van der Waals surface area contributed by atoms with Crippen molar-refractivity contribution in [1.29, 1.82) is 0 Å². The zero-order valence-electron chi connectivity index (χ0n) is 15.5. The minimum atomic E-state index is -0.0294. The van der Waals surface area contributed by atoms with Crippen molar-refractivity contribution in [3.05, 3.63) is 42.4 Å². The third-order valence-corrected chi connectivity index (χ3v) is 4.59. The number of hydrogen-bond acceptors (Lipinski definition) is 6. The van der Waals surface area contributed by atoms with Crippen molar-refractivity contribution in [2.75, 3.05) is 49.6 Å². The molecule has 0 aromatic carbocycles. The van der Waals surface area contributed by atoms with Crippen molar-refractivity contribution in [3.63, 3.8) is 0 Å². The van der Waals surface area contributed by atoms with Gasteiger partial charge in [0, 0.05) is 52.2 Å². The average Bonchev–Trinajstić information content (AvgIpc) is 2.72. The second-order valence-electron chi connectivity index (χ2n) is 6.48. The molecule has 0 bridgehead atoms. The van der Waals surface area contributed by atoms with Gasteiger partial charge < -0.3 is 14.7 Å². The molecule has 0 atom stereocenters. The van der Waals surface area contributed by atoms with E-state index in [2.05, 4.69) is 26.8 Å². The second-order valence-corrected chi connectivity index (χ2v) is 6.48. The number of pyridine rings is 1. The van der Waals surface area contributed by atoms with Gasteiger partial charge in [0.2, 0.25) is 5.95 Å². The summed E-state index contributed by atoms with van der Waals surface area (Å²) >= 11 is 0. The normalized spacial score (nSPS) is 14.4. The Morgan fingerprint density at radius 1 is 1.12 bits per heavy atom. The zero-order valence-corrected chi connectivity index (χ0v) is 15.5. The van der Waals surface area contributed by atoms with E-state index in [1.165, 1.54) is 0 Å². The summed E-state index contributed by atoms with van der Waals surface area (Å²) in [5.74, 6) is 1.54. The molecule has 7 heteroatoms. The highest BCUT2D eigenvalue weighted by atomic mass is 16.2. The van der Waals surface area contributed by atoms with Crippen molar-refractivity contribution in [3.8, 4) is 0 Å². The number of rotatable bonds is 6. The number of hydrogen-bond donors (Lipinski definition) is 0. The van der Waals surface area contributed by atoms with Gasteiger partial charge in [-0.1, -0.05) is 19.4 Å². The van der Waals surface area contributed by atoms with Crippen LogP contribution in [0.25, 0.3) is 0 Å². The first-order chi connectivity index (χ1) is 12.7. The van der Waals surface area contributed by atoms with E-state index in [1.807, 2.05) is 35.0 Å². The minimum absolute atomic E-state index is 0.0294. The molecule has 0 saturated carbocycles. The van der Waals surface area contributed by atoms with E-state index in [1.54, 1.807) is 18.5 Å². The molecule has 0 spiro atoms. The number of aromatic nitrogens is 3. The summed E-state index contributed by atoms with van der Waals surface area (Å²) in [5, 5.41) is 0. The van der Waals surface area contributed by atoms with Crippen LogP contribution in [0.1, 0.15) is 30.3 Å². The number of unbranched alkanes of at least 4 members (excludes halogenated alkanes) is 1. The summed E-state index contributed by atoms with van der Waals surface area (Å²) < 4.78 is 0. The standard InChI is InChI=1S/C19H26N6O/c1-3-4-11-23(2)19-21-10-8-16(22-19)18(26)25-14-12-24(13-15-25)17-7-5-6-9-20-17/h5-10H,3-4,11-15H2,1-2H3. The largest absolute Gasteiger partial charge is 0.353 e. The predicted octanol–water partition coefficient (Wildman–Crippen LogP) is 2.07. The van der Waals surface area contributed by atoms with Crippen molar-refractivity contribution in [2.45, 2.75) is 19.8 Å². The number of carbonyl (C=O) groups is 1. The predicted molar refractivity (Wildman–Crippen MR) is 103 cm³/mol. The molecule has 1 aliphatic rings. The second kappa shape index (κ2) is 8.60. The summed E-state index contributed by atoms with van der Waals surface area (Å²) in [6, 6.07) is 7.59. The van der Waals surface area contributed by atoms with Gasteiger partial charge in [-0.25, -0.2) is 15.0 Å².